The van der Waals surface area contributed by atoms with Crippen molar-refractivity contribution in [3.05, 3.63) is 94.0 Å². The fraction of sp³-hybridized carbons (Fsp3) is 0.208. The number of rotatable bonds is 5. The second-order valence-corrected chi connectivity index (χ2v) is 7.73. The molecule has 0 aromatic heterocycles. The molecule has 0 amide bonds. The van der Waals surface area contributed by atoms with E-state index in [2.05, 4.69) is 21.4 Å². The molecule has 140 valence electrons. The monoisotopic (exact) mass is 384 g/mol. The van der Waals surface area contributed by atoms with E-state index in [9.17, 15) is 4.79 Å². The van der Waals surface area contributed by atoms with Crippen LogP contribution in [0.2, 0.25) is 0 Å². The summed E-state index contributed by atoms with van der Waals surface area (Å²) in [5.41, 5.74) is 5.82. The van der Waals surface area contributed by atoms with Crippen LogP contribution in [0.4, 0.5) is 0 Å². The maximum atomic E-state index is 13.6. The first-order valence-corrected chi connectivity index (χ1v) is 9.64. The number of carbonyl (C=O) groups is 1. The van der Waals surface area contributed by atoms with Gasteiger partial charge in [-0.05, 0) is 61.8 Å². The average molecular weight is 384 g/mol. The molecule has 4 heteroatoms. The fourth-order valence-electron chi connectivity index (χ4n) is 3.52. The van der Waals surface area contributed by atoms with E-state index in [1.165, 1.54) is 0 Å². The van der Waals surface area contributed by atoms with Crippen LogP contribution in [-0.2, 0) is 0 Å². The van der Waals surface area contributed by atoms with Gasteiger partial charge in [-0.2, -0.15) is 0 Å². The van der Waals surface area contributed by atoms with Crippen LogP contribution in [0, 0.1) is 27.7 Å². The number of Topliss-reactive ketones (excluding diaryl/α,β-unsaturated/α-hetero) is 1. The molecule has 2 atom stereocenters. The topological polar surface area (TPSA) is 26.3 Å². The molecule has 0 aliphatic carbocycles. The number of hydrogen-bond acceptors (Lipinski definition) is 2. The van der Waals surface area contributed by atoms with Crippen LogP contribution in [0.5, 0.6) is 5.75 Å². The number of benzene rings is 3. The van der Waals surface area contributed by atoms with Gasteiger partial charge in [-0.25, -0.2) is 0 Å². The molecule has 0 aliphatic heterocycles. The summed E-state index contributed by atoms with van der Waals surface area (Å²) in [7, 11) is 2.66. The van der Waals surface area contributed by atoms with Crippen LogP contribution in [0.1, 0.15) is 45.7 Å². The minimum atomic E-state index is -0.679. The van der Waals surface area contributed by atoms with Crippen molar-refractivity contribution in [2.75, 3.05) is 0 Å². The Labute approximate surface area is 183 Å². The largest absolute Gasteiger partial charge is 1.00 e. The van der Waals surface area contributed by atoms with E-state index in [-0.39, 0.29) is 26.1 Å². The molecule has 0 saturated carbocycles. The van der Waals surface area contributed by atoms with Gasteiger partial charge in [0.25, 0.3) is 0 Å². The number of ketones is 1. The minimum Gasteiger partial charge on any atom is -1.00 e. The molecule has 0 radical (unpaired) electrons. The van der Waals surface area contributed by atoms with Crippen LogP contribution >= 0.6 is 9.24 Å². The summed E-state index contributed by atoms with van der Waals surface area (Å²) in [5, 5.41) is 1.08. The number of ether oxygens (including phenoxy) is 1. The van der Waals surface area contributed by atoms with Gasteiger partial charge in [0.05, 0.1) is 0 Å². The smallest absolute Gasteiger partial charge is 1.00 e. The summed E-state index contributed by atoms with van der Waals surface area (Å²) >= 11 is 0. The average Bonchev–Trinajstić information content (AvgIpc) is 2.61. The first-order valence-electron chi connectivity index (χ1n) is 9.06. The van der Waals surface area contributed by atoms with Crippen LogP contribution in [-0.4, -0.2) is 5.78 Å². The standard InChI is InChI=1S/C24H25O2P.Li.H/c1-15-13-17(3)22(18(4)14-15)23(25)24(21-8-6-5-7-16(21)2)26-19-9-11-20(27)12-10-19;;/h5-14,24H,27H2,1-4H3;;/q;+1;-1. The maximum Gasteiger partial charge on any atom is 1.00 e. The van der Waals surface area contributed by atoms with Gasteiger partial charge in [-0.3, -0.25) is 4.79 Å². The zero-order chi connectivity index (χ0) is 19.6. The number of aryl methyl sites for hydroxylation is 4. The first-order chi connectivity index (χ1) is 12.9. The second kappa shape index (κ2) is 9.57. The third kappa shape index (κ3) is 4.95. The molecule has 2 unspecified atom stereocenters. The molecule has 0 heterocycles. The Balaban J connectivity index is 0.00000210. The van der Waals surface area contributed by atoms with Crippen LogP contribution in [0.15, 0.2) is 60.7 Å². The van der Waals surface area contributed by atoms with Crippen molar-refractivity contribution in [1.82, 2.24) is 0 Å². The van der Waals surface area contributed by atoms with Gasteiger partial charge < -0.3 is 6.16 Å². The molecule has 2 nitrogen and oxygen atoms in total. The zero-order valence-electron chi connectivity index (χ0n) is 18.2. The van der Waals surface area contributed by atoms with E-state index >= 15 is 0 Å². The van der Waals surface area contributed by atoms with Crippen LogP contribution < -0.4 is 28.9 Å². The number of hydrogen-bond donors (Lipinski definition) is 0. The molecule has 0 fully saturated rings. The van der Waals surface area contributed by atoms with Crippen molar-refractivity contribution in [3.63, 3.8) is 0 Å². The Kier molecular flexibility index (Phi) is 7.68. The van der Waals surface area contributed by atoms with E-state index in [1.54, 1.807) is 0 Å². The van der Waals surface area contributed by atoms with Gasteiger partial charge >= 0.3 is 18.9 Å². The molecule has 0 bridgehead atoms. The summed E-state index contributed by atoms with van der Waals surface area (Å²) in [5.74, 6) is 0.680. The summed E-state index contributed by atoms with van der Waals surface area (Å²) in [6.07, 6.45) is -0.679. The van der Waals surface area contributed by atoms with Crippen molar-refractivity contribution >= 4 is 20.3 Å². The molecule has 0 aliphatic rings. The van der Waals surface area contributed by atoms with Gasteiger partial charge in [0, 0.05) is 11.1 Å². The van der Waals surface area contributed by atoms with E-state index in [0.29, 0.717) is 5.75 Å². The second-order valence-electron chi connectivity index (χ2n) is 7.06. The normalized spacial score (nSPS) is 11.5. The minimum absolute atomic E-state index is 0. The Bertz CT molecular complexity index is 963. The van der Waals surface area contributed by atoms with Crippen molar-refractivity contribution < 1.29 is 29.8 Å². The maximum absolute atomic E-state index is 13.6. The Morgan fingerprint density at radius 1 is 0.893 bits per heavy atom. The summed E-state index contributed by atoms with van der Waals surface area (Å²) in [6.45, 7) is 8.05. The molecular weight excluding hydrogens is 358 g/mol. The third-order valence-electron chi connectivity index (χ3n) is 4.77. The Morgan fingerprint density at radius 2 is 1.46 bits per heavy atom. The first kappa shape index (κ1) is 22.4. The van der Waals surface area contributed by atoms with Gasteiger partial charge in [0.15, 0.2) is 6.10 Å². The summed E-state index contributed by atoms with van der Waals surface area (Å²) in [4.78, 5) is 13.6. The predicted octanol–water partition coefficient (Wildman–Crippen LogP) is 2.54. The third-order valence-corrected chi connectivity index (χ3v) is 5.15. The van der Waals surface area contributed by atoms with Crippen LogP contribution in [0.3, 0.4) is 0 Å². The molecular formula is C24H26LiO2P. The van der Waals surface area contributed by atoms with Crippen molar-refractivity contribution in [1.29, 1.82) is 0 Å². The summed E-state index contributed by atoms with van der Waals surface area (Å²) < 4.78 is 6.23. The fourth-order valence-corrected chi connectivity index (χ4v) is 3.71. The Morgan fingerprint density at radius 3 is 2.04 bits per heavy atom. The molecule has 0 spiro atoms. The summed E-state index contributed by atoms with van der Waals surface area (Å²) in [6, 6.07) is 19.7. The molecule has 3 aromatic rings. The van der Waals surface area contributed by atoms with Gasteiger partial charge in [0.1, 0.15) is 5.75 Å². The van der Waals surface area contributed by atoms with Crippen molar-refractivity contribution in [2.45, 2.75) is 33.8 Å². The molecule has 28 heavy (non-hydrogen) atoms. The SMILES string of the molecule is Cc1cc(C)c(C(=O)C(Oc2ccc(P)cc2)c2ccccc2C)c(C)c1.[H-].[Li+]. The van der Waals surface area contributed by atoms with E-state index in [4.69, 9.17) is 4.74 Å². The van der Waals surface area contributed by atoms with Gasteiger partial charge in [-0.1, -0.05) is 54.1 Å². The van der Waals surface area contributed by atoms with Gasteiger partial charge in [-0.15, -0.1) is 9.24 Å². The molecule has 3 aromatic carbocycles. The van der Waals surface area contributed by atoms with Crippen molar-refractivity contribution in [3.8, 4) is 5.75 Å². The van der Waals surface area contributed by atoms with Crippen LogP contribution in [0.25, 0.3) is 0 Å². The molecule has 0 N–H and O–H groups in total. The van der Waals surface area contributed by atoms with Crippen molar-refractivity contribution in [2.24, 2.45) is 0 Å². The molecule has 0 saturated heterocycles. The Hall–Kier alpha value is -1.84. The van der Waals surface area contributed by atoms with E-state index in [0.717, 1.165) is 38.7 Å². The quantitative estimate of drug-likeness (QED) is 0.384. The van der Waals surface area contributed by atoms with Gasteiger partial charge in [0.2, 0.25) is 5.78 Å². The molecule has 3 rings (SSSR count). The predicted molar refractivity (Wildman–Crippen MR) is 116 cm³/mol. The van der Waals surface area contributed by atoms with E-state index in [1.807, 2.05) is 76.2 Å². The van der Waals surface area contributed by atoms with E-state index < -0.39 is 6.10 Å². The zero-order valence-corrected chi connectivity index (χ0v) is 18.4. The number of carbonyl (C=O) groups excluding carboxylic acids is 1.